The van der Waals surface area contributed by atoms with Gasteiger partial charge in [0.05, 0.1) is 13.2 Å². The molecule has 0 bridgehead atoms. The molecule has 1 aliphatic rings. The number of nitrogens with zero attached hydrogens (tertiary/aromatic N) is 1. The summed E-state index contributed by atoms with van der Waals surface area (Å²) < 4.78 is 28.9. The van der Waals surface area contributed by atoms with Crippen LogP contribution in [0.25, 0.3) is 0 Å². The summed E-state index contributed by atoms with van der Waals surface area (Å²) in [6, 6.07) is 17.5. The Morgan fingerprint density at radius 3 is 1.91 bits per heavy atom. The molecule has 0 atom stereocenters. The van der Waals surface area contributed by atoms with Crippen LogP contribution in [0.1, 0.15) is 31.7 Å². The second-order valence-electron chi connectivity index (χ2n) is 7.66. The number of thiophene rings is 1. The smallest absolute Gasteiger partial charge is 0.348 e. The number of aliphatic hydroxyl groups is 1. The molecule has 6 nitrogen and oxygen atoms in total. The van der Waals surface area contributed by atoms with Crippen LogP contribution < -0.4 is 0 Å². The molecular formula is C23H19Cl2NO5S2. The van der Waals surface area contributed by atoms with E-state index in [1.165, 1.54) is 19.2 Å². The lowest BCUT2D eigenvalue weighted by Crippen LogP contribution is -2.66. The number of methoxy groups -OCH3 is 1. The van der Waals surface area contributed by atoms with Crippen molar-refractivity contribution in [2.75, 3.05) is 20.2 Å². The molecule has 1 fully saturated rings. The Morgan fingerprint density at radius 2 is 1.45 bits per heavy atom. The third-order valence-corrected chi connectivity index (χ3v) is 8.12. The van der Waals surface area contributed by atoms with Crippen LogP contribution in [-0.4, -0.2) is 55.1 Å². The maximum absolute atomic E-state index is 12.1. The van der Waals surface area contributed by atoms with E-state index in [0.29, 0.717) is 14.9 Å². The summed E-state index contributed by atoms with van der Waals surface area (Å²) in [6.45, 7) is 0.162. The molecule has 172 valence electrons. The zero-order valence-electron chi connectivity index (χ0n) is 17.4. The normalized spacial score (nSPS) is 15.2. The van der Waals surface area contributed by atoms with E-state index in [0.717, 1.165) is 22.5 Å². The molecular weight excluding hydrogens is 505 g/mol. The van der Waals surface area contributed by atoms with E-state index in [2.05, 4.69) is 0 Å². The second kappa shape index (κ2) is 9.58. The van der Waals surface area contributed by atoms with Crippen molar-refractivity contribution in [2.45, 2.75) is 11.6 Å². The van der Waals surface area contributed by atoms with Crippen molar-refractivity contribution in [1.82, 2.24) is 4.90 Å². The molecule has 0 unspecified atom stereocenters. The fourth-order valence-corrected chi connectivity index (χ4v) is 6.20. The van der Waals surface area contributed by atoms with Crippen molar-refractivity contribution in [3.8, 4) is 0 Å². The lowest BCUT2D eigenvalue weighted by atomic mass is 9.84. The SMILES string of the molecule is COC(=O)c1ccc(C(=S(=O)=O)C2(O)CN(C(c3ccc(Cl)cc3)c3ccc(Cl)cc3)C2)s1. The van der Waals surface area contributed by atoms with Crippen LogP contribution in [0.3, 0.4) is 0 Å². The number of carbonyl (C=O) groups excluding carboxylic acids is 1. The minimum Gasteiger partial charge on any atom is -0.465 e. The number of carbonyl (C=O) groups is 1. The molecule has 33 heavy (non-hydrogen) atoms. The Hall–Kier alpha value is -2.20. The highest BCUT2D eigenvalue weighted by Gasteiger charge is 2.50. The predicted molar refractivity (Wildman–Crippen MR) is 130 cm³/mol. The van der Waals surface area contributed by atoms with Gasteiger partial charge in [0.1, 0.15) is 15.3 Å². The average Bonchev–Trinajstić information content (AvgIpc) is 3.24. The summed E-state index contributed by atoms with van der Waals surface area (Å²) in [6.07, 6.45) is 0. The van der Waals surface area contributed by atoms with Crippen molar-refractivity contribution in [1.29, 1.82) is 0 Å². The van der Waals surface area contributed by atoms with Crippen LogP contribution in [0.2, 0.25) is 10.0 Å². The molecule has 1 aliphatic heterocycles. The third kappa shape index (κ3) is 4.87. The first-order valence-corrected chi connectivity index (χ1v) is 12.5. The van der Waals surface area contributed by atoms with Gasteiger partial charge in [-0.05, 0) is 47.5 Å². The number of halogens is 2. The molecule has 1 aromatic heterocycles. The van der Waals surface area contributed by atoms with Gasteiger partial charge in [-0.1, -0.05) is 47.5 Å². The average molecular weight is 524 g/mol. The van der Waals surface area contributed by atoms with E-state index in [1.807, 2.05) is 29.2 Å². The molecule has 3 aromatic rings. The standard InChI is InChI=1S/C23H19Cl2NO5S2/c1-31-22(27)19-11-10-18(32-19)21(33(29)30)23(28)12-26(13-23)20(14-2-6-16(24)7-3-14)15-4-8-17(25)9-5-15/h2-11,20,28H,12-13H2,1H3. The second-order valence-corrected chi connectivity index (χ2v) is 10.5. The maximum atomic E-state index is 12.1. The van der Waals surface area contributed by atoms with Gasteiger partial charge in [0, 0.05) is 28.0 Å². The number of benzene rings is 2. The molecule has 0 radical (unpaired) electrons. The van der Waals surface area contributed by atoms with Crippen LogP contribution >= 0.6 is 34.5 Å². The summed E-state index contributed by atoms with van der Waals surface area (Å²) in [5.74, 6) is -0.560. The van der Waals surface area contributed by atoms with Crippen LogP contribution in [0.15, 0.2) is 60.7 Å². The molecule has 10 heteroatoms. The quantitative estimate of drug-likeness (QED) is 0.297. The third-order valence-electron chi connectivity index (χ3n) is 5.47. The van der Waals surface area contributed by atoms with Gasteiger partial charge in [-0.15, -0.1) is 11.3 Å². The highest BCUT2D eigenvalue weighted by Crippen LogP contribution is 2.39. The monoisotopic (exact) mass is 523 g/mol. The van der Waals surface area contributed by atoms with Gasteiger partial charge in [0.15, 0.2) is 0 Å². The number of esters is 1. The van der Waals surface area contributed by atoms with Crippen molar-refractivity contribution in [3.05, 3.63) is 91.6 Å². The number of hydrogen-bond acceptors (Lipinski definition) is 7. The number of ether oxygens (including phenoxy) is 1. The summed E-state index contributed by atoms with van der Waals surface area (Å²) >= 11 is 13.1. The minimum atomic E-state index is -2.68. The first-order valence-electron chi connectivity index (χ1n) is 9.84. The van der Waals surface area contributed by atoms with E-state index in [9.17, 15) is 18.3 Å². The van der Waals surface area contributed by atoms with E-state index < -0.39 is 21.9 Å². The molecule has 0 spiro atoms. The lowest BCUT2D eigenvalue weighted by Gasteiger charge is -2.50. The van der Waals surface area contributed by atoms with Gasteiger partial charge in [0.2, 0.25) is 10.3 Å². The van der Waals surface area contributed by atoms with E-state index in [-0.39, 0.29) is 28.9 Å². The Balaban J connectivity index is 1.66. The largest absolute Gasteiger partial charge is 0.465 e. The van der Waals surface area contributed by atoms with Crippen LogP contribution in [0, 0.1) is 0 Å². The molecule has 0 saturated carbocycles. The summed E-state index contributed by atoms with van der Waals surface area (Å²) in [5.41, 5.74) is 0.289. The first-order chi connectivity index (χ1) is 15.7. The van der Waals surface area contributed by atoms with E-state index >= 15 is 0 Å². The van der Waals surface area contributed by atoms with Crippen LogP contribution in [0.5, 0.6) is 0 Å². The molecule has 0 aliphatic carbocycles. The molecule has 0 amide bonds. The van der Waals surface area contributed by atoms with Gasteiger partial charge in [-0.2, -0.15) is 8.42 Å². The van der Waals surface area contributed by atoms with Crippen LogP contribution in [0.4, 0.5) is 0 Å². The minimum absolute atomic E-state index is 0.0810. The van der Waals surface area contributed by atoms with E-state index in [4.69, 9.17) is 27.9 Å². The Kier molecular flexibility index (Phi) is 6.95. The van der Waals surface area contributed by atoms with Gasteiger partial charge < -0.3 is 9.84 Å². The predicted octanol–water partition coefficient (Wildman–Crippen LogP) is 4.08. The molecule has 2 heterocycles. The fraction of sp³-hybridized carbons (Fsp3) is 0.217. The molecule has 1 N–H and O–H groups in total. The zero-order chi connectivity index (χ0) is 23.8. The summed E-state index contributed by atoms with van der Waals surface area (Å²) in [7, 11) is -1.43. The molecule has 1 saturated heterocycles. The van der Waals surface area contributed by atoms with Crippen LogP contribution in [-0.2, 0) is 15.0 Å². The van der Waals surface area contributed by atoms with Gasteiger partial charge in [-0.3, -0.25) is 4.90 Å². The van der Waals surface area contributed by atoms with Gasteiger partial charge in [-0.25, -0.2) is 4.79 Å². The summed E-state index contributed by atoms with van der Waals surface area (Å²) in [4.78, 5) is 14.2. The lowest BCUT2D eigenvalue weighted by molar-refractivity contribution is -0.0582. The highest BCUT2D eigenvalue weighted by atomic mass is 35.5. The highest BCUT2D eigenvalue weighted by molar-refractivity contribution is 7.74. The Morgan fingerprint density at radius 1 is 0.970 bits per heavy atom. The van der Waals surface area contributed by atoms with E-state index in [1.54, 1.807) is 24.3 Å². The van der Waals surface area contributed by atoms with Gasteiger partial charge in [0.25, 0.3) is 0 Å². The first kappa shape index (κ1) is 23.9. The maximum Gasteiger partial charge on any atom is 0.348 e. The number of β-amino-alcohol motifs (C(OH)–C–C–N with tert-alkyl or cyclic N) is 1. The Labute approximate surface area is 206 Å². The molecule has 4 rings (SSSR count). The Bertz CT molecular complexity index is 1260. The number of likely N-dealkylation sites (tertiary alicyclic amines) is 1. The molecule has 2 aromatic carbocycles. The fourth-order valence-electron chi connectivity index (χ4n) is 3.99. The van der Waals surface area contributed by atoms with Crippen molar-refractivity contribution < 1.29 is 23.1 Å². The topological polar surface area (TPSA) is 83.9 Å². The summed E-state index contributed by atoms with van der Waals surface area (Å²) in [5, 5.41) is 12.5. The van der Waals surface area contributed by atoms with Crippen molar-refractivity contribution in [2.24, 2.45) is 0 Å². The number of hydrogen-bond donors (Lipinski definition) is 1. The number of rotatable bonds is 6. The van der Waals surface area contributed by atoms with Gasteiger partial charge >= 0.3 is 5.97 Å². The van der Waals surface area contributed by atoms with Crippen molar-refractivity contribution in [3.63, 3.8) is 0 Å². The zero-order valence-corrected chi connectivity index (χ0v) is 20.5. The van der Waals surface area contributed by atoms with Crippen molar-refractivity contribution >= 4 is 55.7 Å².